The van der Waals surface area contributed by atoms with Crippen molar-refractivity contribution < 1.29 is 4.79 Å². The fraction of sp³-hybridized carbons (Fsp3) is 0.909. The summed E-state index contributed by atoms with van der Waals surface area (Å²) >= 11 is 0. The van der Waals surface area contributed by atoms with E-state index in [4.69, 9.17) is 11.5 Å². The summed E-state index contributed by atoms with van der Waals surface area (Å²) < 4.78 is 0. The summed E-state index contributed by atoms with van der Waals surface area (Å²) in [5, 5.41) is 0. The molecule has 1 aliphatic rings. The van der Waals surface area contributed by atoms with Gasteiger partial charge in [-0.15, -0.1) is 0 Å². The highest BCUT2D eigenvalue weighted by atomic mass is 16.1. The zero-order chi connectivity index (χ0) is 12.1. The standard InChI is InChI=1S/C11H24N4O/c1-3-9-7-14(2)5-4-6-15(9)8-10(12)11(13)16/h9-10H,3-8,12H2,1-2H3,(H2,13,16). The van der Waals surface area contributed by atoms with E-state index in [1.165, 1.54) is 0 Å². The lowest BCUT2D eigenvalue weighted by molar-refractivity contribution is -0.119. The molecule has 5 nitrogen and oxygen atoms in total. The minimum absolute atomic E-state index is 0.410. The highest BCUT2D eigenvalue weighted by Crippen LogP contribution is 2.11. The number of nitrogens with two attached hydrogens (primary N) is 2. The highest BCUT2D eigenvalue weighted by molar-refractivity contribution is 5.79. The molecule has 2 atom stereocenters. The van der Waals surface area contributed by atoms with Crippen molar-refractivity contribution in [1.29, 1.82) is 0 Å². The van der Waals surface area contributed by atoms with Crippen molar-refractivity contribution in [2.24, 2.45) is 11.5 Å². The van der Waals surface area contributed by atoms with Crippen LogP contribution in [0.4, 0.5) is 0 Å². The van der Waals surface area contributed by atoms with Gasteiger partial charge >= 0.3 is 0 Å². The van der Waals surface area contributed by atoms with Gasteiger partial charge < -0.3 is 16.4 Å². The van der Waals surface area contributed by atoms with Crippen LogP contribution in [0.5, 0.6) is 0 Å². The number of rotatable bonds is 4. The fourth-order valence-electron chi connectivity index (χ4n) is 2.26. The molecular weight excluding hydrogens is 204 g/mol. The maximum Gasteiger partial charge on any atom is 0.235 e. The maximum atomic E-state index is 11.0. The Morgan fingerprint density at radius 2 is 2.19 bits per heavy atom. The molecule has 0 radical (unpaired) electrons. The van der Waals surface area contributed by atoms with Gasteiger partial charge in [-0.1, -0.05) is 6.92 Å². The number of carbonyl (C=O) groups excluding carboxylic acids is 1. The van der Waals surface area contributed by atoms with E-state index in [1.807, 2.05) is 0 Å². The predicted molar refractivity (Wildman–Crippen MR) is 64.9 cm³/mol. The molecule has 5 heteroatoms. The van der Waals surface area contributed by atoms with Crippen LogP contribution in [0.25, 0.3) is 0 Å². The average Bonchev–Trinajstić information content (AvgIpc) is 2.40. The number of primary amides is 1. The normalized spacial score (nSPS) is 26.3. The topological polar surface area (TPSA) is 75.6 Å². The number of likely N-dealkylation sites (N-methyl/N-ethyl adjacent to an activating group) is 1. The fourth-order valence-corrected chi connectivity index (χ4v) is 2.26. The van der Waals surface area contributed by atoms with Gasteiger partial charge in [0.1, 0.15) is 0 Å². The Hall–Kier alpha value is -0.650. The molecule has 0 saturated carbocycles. The van der Waals surface area contributed by atoms with Crippen LogP contribution in [-0.2, 0) is 4.79 Å². The molecule has 0 aromatic heterocycles. The quantitative estimate of drug-likeness (QED) is 0.661. The molecular formula is C11H24N4O. The van der Waals surface area contributed by atoms with E-state index in [1.54, 1.807) is 0 Å². The molecule has 0 spiro atoms. The third-order valence-corrected chi connectivity index (χ3v) is 3.29. The van der Waals surface area contributed by atoms with Gasteiger partial charge in [0.25, 0.3) is 0 Å². The first kappa shape index (κ1) is 13.4. The summed E-state index contributed by atoms with van der Waals surface area (Å²) in [6.45, 7) is 5.92. The minimum Gasteiger partial charge on any atom is -0.368 e. The van der Waals surface area contributed by atoms with Gasteiger partial charge in [-0.3, -0.25) is 9.69 Å². The molecule has 1 aliphatic heterocycles. The second-order valence-corrected chi connectivity index (χ2v) is 4.68. The van der Waals surface area contributed by atoms with Gasteiger partial charge in [0.15, 0.2) is 0 Å². The molecule has 0 aromatic carbocycles. The van der Waals surface area contributed by atoms with Crippen LogP contribution >= 0.6 is 0 Å². The first-order valence-corrected chi connectivity index (χ1v) is 6.02. The Labute approximate surface area is 97.7 Å². The van der Waals surface area contributed by atoms with E-state index in [0.717, 1.165) is 32.5 Å². The lowest BCUT2D eigenvalue weighted by Gasteiger charge is -2.31. The van der Waals surface area contributed by atoms with Crippen molar-refractivity contribution in [2.45, 2.75) is 31.8 Å². The zero-order valence-corrected chi connectivity index (χ0v) is 10.4. The molecule has 1 fully saturated rings. The summed E-state index contributed by atoms with van der Waals surface area (Å²) in [4.78, 5) is 15.6. The Morgan fingerprint density at radius 3 is 2.75 bits per heavy atom. The van der Waals surface area contributed by atoms with Crippen molar-refractivity contribution in [2.75, 3.05) is 33.2 Å². The van der Waals surface area contributed by atoms with Gasteiger partial charge in [-0.05, 0) is 33.0 Å². The van der Waals surface area contributed by atoms with E-state index in [2.05, 4.69) is 23.8 Å². The van der Waals surface area contributed by atoms with Gasteiger partial charge in [0.2, 0.25) is 5.91 Å². The second-order valence-electron chi connectivity index (χ2n) is 4.68. The molecule has 0 aromatic rings. The number of hydrogen-bond acceptors (Lipinski definition) is 4. The summed E-state index contributed by atoms with van der Waals surface area (Å²) in [6, 6.07) is -0.0599. The van der Waals surface area contributed by atoms with Crippen LogP contribution in [-0.4, -0.2) is 61.0 Å². The lowest BCUT2D eigenvalue weighted by Crippen LogP contribution is -2.50. The second kappa shape index (κ2) is 6.18. The minimum atomic E-state index is -0.544. The number of carbonyl (C=O) groups is 1. The molecule has 94 valence electrons. The Kier molecular flexibility index (Phi) is 5.18. The third-order valence-electron chi connectivity index (χ3n) is 3.29. The van der Waals surface area contributed by atoms with Crippen molar-refractivity contribution in [3.05, 3.63) is 0 Å². The Balaban J connectivity index is 2.57. The van der Waals surface area contributed by atoms with E-state index in [0.29, 0.717) is 12.6 Å². The van der Waals surface area contributed by atoms with Crippen molar-refractivity contribution >= 4 is 5.91 Å². The third kappa shape index (κ3) is 3.73. The van der Waals surface area contributed by atoms with Crippen LogP contribution in [0, 0.1) is 0 Å². The lowest BCUT2D eigenvalue weighted by atomic mass is 10.1. The highest BCUT2D eigenvalue weighted by Gasteiger charge is 2.24. The number of amides is 1. The molecule has 4 N–H and O–H groups in total. The number of nitrogens with zero attached hydrogens (tertiary/aromatic N) is 2. The smallest absolute Gasteiger partial charge is 0.235 e. The molecule has 2 unspecified atom stereocenters. The van der Waals surface area contributed by atoms with Crippen molar-refractivity contribution in [3.8, 4) is 0 Å². The molecule has 1 amide bonds. The zero-order valence-electron chi connectivity index (χ0n) is 10.4. The van der Waals surface area contributed by atoms with E-state index < -0.39 is 11.9 Å². The van der Waals surface area contributed by atoms with E-state index in [-0.39, 0.29) is 0 Å². The summed E-state index contributed by atoms with van der Waals surface area (Å²) in [6.07, 6.45) is 2.20. The molecule has 1 heterocycles. The van der Waals surface area contributed by atoms with Gasteiger partial charge in [-0.2, -0.15) is 0 Å². The monoisotopic (exact) mass is 228 g/mol. The van der Waals surface area contributed by atoms with Gasteiger partial charge in [0, 0.05) is 19.1 Å². The van der Waals surface area contributed by atoms with Crippen LogP contribution in [0.15, 0.2) is 0 Å². The molecule has 1 saturated heterocycles. The van der Waals surface area contributed by atoms with Crippen LogP contribution in [0.1, 0.15) is 19.8 Å². The van der Waals surface area contributed by atoms with Crippen molar-refractivity contribution in [3.63, 3.8) is 0 Å². The SMILES string of the molecule is CCC1CN(C)CCCN1CC(N)C(N)=O. The average molecular weight is 228 g/mol. The molecule has 0 bridgehead atoms. The summed E-state index contributed by atoms with van der Waals surface area (Å²) in [7, 11) is 2.14. The van der Waals surface area contributed by atoms with Gasteiger partial charge in [-0.25, -0.2) is 0 Å². The summed E-state index contributed by atoms with van der Waals surface area (Å²) in [5.41, 5.74) is 10.9. The first-order chi connectivity index (χ1) is 7.54. The van der Waals surface area contributed by atoms with Crippen LogP contribution in [0.3, 0.4) is 0 Å². The number of hydrogen-bond donors (Lipinski definition) is 2. The maximum absolute atomic E-state index is 11.0. The molecule has 1 rings (SSSR count). The first-order valence-electron chi connectivity index (χ1n) is 6.02. The predicted octanol–water partition coefficient (Wildman–Crippen LogP) is -0.785. The van der Waals surface area contributed by atoms with E-state index in [9.17, 15) is 4.79 Å². The van der Waals surface area contributed by atoms with Crippen LogP contribution < -0.4 is 11.5 Å². The molecule has 16 heavy (non-hydrogen) atoms. The van der Waals surface area contributed by atoms with E-state index >= 15 is 0 Å². The largest absolute Gasteiger partial charge is 0.368 e. The Morgan fingerprint density at radius 1 is 1.50 bits per heavy atom. The van der Waals surface area contributed by atoms with Crippen molar-refractivity contribution in [1.82, 2.24) is 9.80 Å². The molecule has 0 aliphatic carbocycles. The van der Waals surface area contributed by atoms with Crippen LogP contribution in [0.2, 0.25) is 0 Å². The summed E-state index contributed by atoms with van der Waals surface area (Å²) in [5.74, 6) is -0.410. The van der Waals surface area contributed by atoms with Gasteiger partial charge in [0.05, 0.1) is 6.04 Å². The Bertz CT molecular complexity index is 234.